The molecule has 0 aromatic carbocycles. The maximum absolute atomic E-state index is 11.0. The summed E-state index contributed by atoms with van der Waals surface area (Å²) in [5.74, 6) is 1.32. The number of rotatable bonds is 3. The number of hydrogen-bond donors (Lipinski definition) is 2. The maximum Gasteiger partial charge on any atom is 0.310 e. The summed E-state index contributed by atoms with van der Waals surface area (Å²) in [6.07, 6.45) is 1.60. The number of hydrogen-bond acceptors (Lipinski definition) is 3. The van der Waals surface area contributed by atoms with Crippen molar-refractivity contribution in [3.05, 3.63) is 0 Å². The quantitative estimate of drug-likeness (QED) is 0.689. The van der Waals surface area contributed by atoms with Gasteiger partial charge in [-0.15, -0.1) is 0 Å². The SMILES string of the molecule is CNCC1(C(=O)O)CCSCC1. The lowest BCUT2D eigenvalue weighted by Gasteiger charge is -2.32. The van der Waals surface area contributed by atoms with E-state index in [9.17, 15) is 4.79 Å². The third-order valence-electron chi connectivity index (χ3n) is 2.42. The van der Waals surface area contributed by atoms with Gasteiger partial charge < -0.3 is 10.4 Å². The molecule has 3 nitrogen and oxygen atoms in total. The first-order valence-electron chi connectivity index (χ1n) is 4.17. The molecule has 1 aliphatic rings. The van der Waals surface area contributed by atoms with E-state index < -0.39 is 11.4 Å². The lowest BCUT2D eigenvalue weighted by atomic mass is 9.82. The summed E-state index contributed by atoms with van der Waals surface area (Å²) in [6.45, 7) is 0.600. The van der Waals surface area contributed by atoms with Crippen LogP contribution in [0.5, 0.6) is 0 Å². The van der Waals surface area contributed by atoms with Crippen LogP contribution in [0.3, 0.4) is 0 Å². The van der Waals surface area contributed by atoms with E-state index in [-0.39, 0.29) is 0 Å². The van der Waals surface area contributed by atoms with Crippen molar-refractivity contribution in [3.63, 3.8) is 0 Å². The highest BCUT2D eigenvalue weighted by molar-refractivity contribution is 7.99. The van der Waals surface area contributed by atoms with Crippen molar-refractivity contribution in [2.45, 2.75) is 12.8 Å². The van der Waals surface area contributed by atoms with Crippen molar-refractivity contribution in [1.29, 1.82) is 0 Å². The van der Waals surface area contributed by atoms with Crippen molar-refractivity contribution in [2.75, 3.05) is 25.1 Å². The molecule has 1 aliphatic heterocycles. The highest BCUT2D eigenvalue weighted by Crippen LogP contribution is 2.34. The number of carbonyl (C=O) groups is 1. The third-order valence-corrected chi connectivity index (χ3v) is 3.40. The molecule has 0 spiro atoms. The summed E-state index contributed by atoms with van der Waals surface area (Å²) in [5.41, 5.74) is -0.486. The van der Waals surface area contributed by atoms with E-state index in [1.807, 2.05) is 18.8 Å². The van der Waals surface area contributed by atoms with Crippen LogP contribution in [0.25, 0.3) is 0 Å². The largest absolute Gasteiger partial charge is 0.481 e. The van der Waals surface area contributed by atoms with Gasteiger partial charge in [-0.2, -0.15) is 11.8 Å². The van der Waals surface area contributed by atoms with E-state index in [1.165, 1.54) is 0 Å². The fraction of sp³-hybridized carbons (Fsp3) is 0.875. The Bertz CT molecular complexity index is 161. The topological polar surface area (TPSA) is 49.3 Å². The average Bonchev–Trinajstić information content (AvgIpc) is 2.06. The number of thioether (sulfide) groups is 1. The highest BCUT2D eigenvalue weighted by Gasteiger charge is 2.38. The van der Waals surface area contributed by atoms with E-state index in [0.29, 0.717) is 6.54 Å². The van der Waals surface area contributed by atoms with E-state index in [0.717, 1.165) is 24.3 Å². The van der Waals surface area contributed by atoms with Crippen molar-refractivity contribution >= 4 is 17.7 Å². The highest BCUT2D eigenvalue weighted by atomic mass is 32.2. The molecule has 0 atom stereocenters. The Morgan fingerprint density at radius 2 is 2.17 bits per heavy atom. The Kier molecular flexibility index (Phi) is 3.40. The lowest BCUT2D eigenvalue weighted by Crippen LogP contribution is -2.42. The maximum atomic E-state index is 11.0. The zero-order chi connectivity index (χ0) is 9.03. The summed E-state index contributed by atoms with van der Waals surface area (Å²) >= 11 is 1.85. The molecule has 2 N–H and O–H groups in total. The van der Waals surface area contributed by atoms with Crippen LogP contribution in [0.15, 0.2) is 0 Å². The first-order chi connectivity index (χ1) is 5.71. The minimum Gasteiger partial charge on any atom is -0.481 e. The summed E-state index contributed by atoms with van der Waals surface area (Å²) in [4.78, 5) is 11.0. The smallest absolute Gasteiger partial charge is 0.310 e. The minimum atomic E-state index is -0.642. The van der Waals surface area contributed by atoms with E-state index >= 15 is 0 Å². The number of carboxylic acids is 1. The van der Waals surface area contributed by atoms with Crippen LogP contribution in [0.2, 0.25) is 0 Å². The molecule has 0 radical (unpaired) electrons. The summed E-state index contributed by atoms with van der Waals surface area (Å²) in [5, 5.41) is 12.0. The molecule has 0 amide bonds. The molecule has 12 heavy (non-hydrogen) atoms. The normalized spacial score (nSPS) is 22.1. The van der Waals surface area contributed by atoms with Gasteiger partial charge in [0.2, 0.25) is 0 Å². The summed E-state index contributed by atoms with van der Waals surface area (Å²) in [6, 6.07) is 0. The predicted molar refractivity (Wildman–Crippen MR) is 50.6 cm³/mol. The Balaban J connectivity index is 2.63. The standard InChI is InChI=1S/C8H15NO2S/c1-9-6-8(7(10)11)2-4-12-5-3-8/h9H,2-6H2,1H3,(H,10,11). The van der Waals surface area contributed by atoms with Crippen molar-refractivity contribution in [1.82, 2.24) is 5.32 Å². The molecule has 0 aliphatic carbocycles. The monoisotopic (exact) mass is 189 g/mol. The van der Waals surface area contributed by atoms with Crippen LogP contribution in [0.1, 0.15) is 12.8 Å². The van der Waals surface area contributed by atoms with Crippen LogP contribution >= 0.6 is 11.8 Å². The van der Waals surface area contributed by atoms with Gasteiger partial charge >= 0.3 is 5.97 Å². The first kappa shape index (κ1) is 9.86. The van der Waals surface area contributed by atoms with Crippen LogP contribution in [-0.2, 0) is 4.79 Å². The molecule has 0 unspecified atom stereocenters. The second kappa shape index (κ2) is 4.14. The van der Waals surface area contributed by atoms with Crippen LogP contribution in [-0.4, -0.2) is 36.2 Å². The third kappa shape index (κ3) is 1.93. The molecule has 1 rings (SSSR count). The van der Waals surface area contributed by atoms with Gasteiger partial charge in [-0.05, 0) is 31.4 Å². The fourth-order valence-corrected chi connectivity index (χ4v) is 2.84. The second-order valence-corrected chi connectivity index (χ2v) is 4.45. The summed E-state index contributed by atoms with van der Waals surface area (Å²) in [7, 11) is 1.81. The van der Waals surface area contributed by atoms with Crippen molar-refractivity contribution in [2.24, 2.45) is 5.41 Å². The van der Waals surface area contributed by atoms with Crippen LogP contribution in [0, 0.1) is 5.41 Å². The van der Waals surface area contributed by atoms with E-state index in [4.69, 9.17) is 5.11 Å². The van der Waals surface area contributed by atoms with E-state index in [1.54, 1.807) is 0 Å². The molecule has 1 heterocycles. The molecule has 1 saturated heterocycles. The van der Waals surface area contributed by atoms with Gasteiger partial charge in [0.15, 0.2) is 0 Å². The molecular formula is C8H15NO2S. The molecule has 0 aromatic heterocycles. The zero-order valence-corrected chi connectivity index (χ0v) is 8.12. The second-order valence-electron chi connectivity index (χ2n) is 3.23. The Morgan fingerprint density at radius 1 is 1.58 bits per heavy atom. The molecule has 1 fully saturated rings. The molecule has 0 saturated carbocycles. The molecule has 4 heteroatoms. The molecule has 0 bridgehead atoms. The summed E-state index contributed by atoms with van der Waals surface area (Å²) < 4.78 is 0. The Morgan fingerprint density at radius 3 is 2.58 bits per heavy atom. The molecular weight excluding hydrogens is 174 g/mol. The number of carboxylic acid groups (broad SMARTS) is 1. The van der Waals surface area contributed by atoms with Crippen LogP contribution in [0.4, 0.5) is 0 Å². The van der Waals surface area contributed by atoms with Crippen molar-refractivity contribution in [3.8, 4) is 0 Å². The number of nitrogens with one attached hydrogen (secondary N) is 1. The van der Waals surface area contributed by atoms with Gasteiger partial charge in [0.25, 0.3) is 0 Å². The van der Waals surface area contributed by atoms with Crippen LogP contribution < -0.4 is 5.32 Å². The Labute approximate surface area is 76.9 Å². The van der Waals surface area contributed by atoms with Gasteiger partial charge in [0, 0.05) is 6.54 Å². The molecule has 0 aromatic rings. The van der Waals surface area contributed by atoms with Gasteiger partial charge in [0.1, 0.15) is 0 Å². The van der Waals surface area contributed by atoms with Gasteiger partial charge in [0.05, 0.1) is 5.41 Å². The lowest BCUT2D eigenvalue weighted by molar-refractivity contribution is -0.149. The minimum absolute atomic E-state index is 0.486. The fourth-order valence-electron chi connectivity index (χ4n) is 1.57. The average molecular weight is 189 g/mol. The van der Waals surface area contributed by atoms with Gasteiger partial charge in [-0.1, -0.05) is 0 Å². The van der Waals surface area contributed by atoms with Gasteiger partial charge in [-0.3, -0.25) is 4.79 Å². The van der Waals surface area contributed by atoms with E-state index in [2.05, 4.69) is 5.32 Å². The predicted octanol–water partition coefficient (Wildman–Crippen LogP) is 0.804. The zero-order valence-electron chi connectivity index (χ0n) is 7.30. The first-order valence-corrected chi connectivity index (χ1v) is 5.32. The van der Waals surface area contributed by atoms with Crippen molar-refractivity contribution < 1.29 is 9.90 Å². The Hall–Kier alpha value is -0.220. The number of aliphatic carboxylic acids is 1. The molecule has 70 valence electrons. The van der Waals surface area contributed by atoms with Gasteiger partial charge in [-0.25, -0.2) is 0 Å².